The Labute approximate surface area is 97.9 Å². The SMILES string of the molecule is CCC(=O)c1cnn(-c2ccccc2F)c1N. The van der Waals surface area contributed by atoms with Crippen molar-refractivity contribution in [3.8, 4) is 5.69 Å². The molecule has 0 fully saturated rings. The number of rotatable bonds is 3. The summed E-state index contributed by atoms with van der Waals surface area (Å²) in [5.74, 6) is -0.371. The third-order valence-electron chi connectivity index (χ3n) is 2.51. The summed E-state index contributed by atoms with van der Waals surface area (Å²) in [4.78, 5) is 11.5. The topological polar surface area (TPSA) is 60.9 Å². The number of hydrogen-bond donors (Lipinski definition) is 1. The summed E-state index contributed by atoms with van der Waals surface area (Å²) in [6.07, 6.45) is 1.71. The van der Waals surface area contributed by atoms with E-state index in [1.807, 2.05) is 0 Å². The highest BCUT2D eigenvalue weighted by Crippen LogP contribution is 2.20. The van der Waals surface area contributed by atoms with Crippen LogP contribution in [0.1, 0.15) is 23.7 Å². The number of nitrogens with two attached hydrogens (primary N) is 1. The van der Waals surface area contributed by atoms with Crippen LogP contribution in [0.5, 0.6) is 0 Å². The van der Waals surface area contributed by atoms with Crippen LogP contribution in [0.25, 0.3) is 5.69 Å². The van der Waals surface area contributed by atoms with Gasteiger partial charge in [-0.2, -0.15) is 5.10 Å². The molecule has 17 heavy (non-hydrogen) atoms. The van der Waals surface area contributed by atoms with Gasteiger partial charge < -0.3 is 5.73 Å². The Morgan fingerprint density at radius 1 is 1.47 bits per heavy atom. The van der Waals surface area contributed by atoms with Crippen LogP contribution in [0.3, 0.4) is 0 Å². The summed E-state index contributed by atoms with van der Waals surface area (Å²) in [5, 5.41) is 3.95. The monoisotopic (exact) mass is 233 g/mol. The highest BCUT2D eigenvalue weighted by atomic mass is 19.1. The summed E-state index contributed by atoms with van der Waals surface area (Å²) >= 11 is 0. The van der Waals surface area contributed by atoms with Gasteiger partial charge in [-0.15, -0.1) is 0 Å². The quantitative estimate of drug-likeness (QED) is 0.826. The predicted octanol–water partition coefficient (Wildman–Crippen LogP) is 2.19. The second-order valence-corrected chi connectivity index (χ2v) is 3.58. The zero-order valence-electron chi connectivity index (χ0n) is 9.35. The number of nitrogen functional groups attached to an aromatic ring is 1. The van der Waals surface area contributed by atoms with Crippen LogP contribution in [0, 0.1) is 5.82 Å². The van der Waals surface area contributed by atoms with Crippen molar-refractivity contribution in [1.82, 2.24) is 9.78 Å². The van der Waals surface area contributed by atoms with E-state index in [1.54, 1.807) is 25.1 Å². The van der Waals surface area contributed by atoms with E-state index < -0.39 is 5.82 Å². The van der Waals surface area contributed by atoms with E-state index in [-0.39, 0.29) is 17.3 Å². The Balaban J connectivity index is 2.52. The lowest BCUT2D eigenvalue weighted by Crippen LogP contribution is -2.07. The fourth-order valence-electron chi connectivity index (χ4n) is 1.58. The van der Waals surface area contributed by atoms with Crippen molar-refractivity contribution in [3.63, 3.8) is 0 Å². The van der Waals surface area contributed by atoms with Crippen LogP contribution in [0.4, 0.5) is 10.2 Å². The van der Waals surface area contributed by atoms with E-state index >= 15 is 0 Å². The van der Waals surface area contributed by atoms with Gasteiger partial charge in [0.15, 0.2) is 5.78 Å². The van der Waals surface area contributed by atoms with Crippen molar-refractivity contribution < 1.29 is 9.18 Å². The fourth-order valence-corrected chi connectivity index (χ4v) is 1.58. The van der Waals surface area contributed by atoms with Crippen LogP contribution in [0.2, 0.25) is 0 Å². The standard InChI is InChI=1S/C12H12FN3O/c1-2-11(17)8-7-15-16(12(8)14)10-6-4-3-5-9(10)13/h3-7H,2,14H2,1H3. The van der Waals surface area contributed by atoms with Crippen molar-refractivity contribution in [3.05, 3.63) is 41.8 Å². The van der Waals surface area contributed by atoms with Crippen molar-refractivity contribution >= 4 is 11.6 Å². The molecule has 1 aromatic heterocycles. The smallest absolute Gasteiger partial charge is 0.167 e. The van der Waals surface area contributed by atoms with Gasteiger partial charge in [0.25, 0.3) is 0 Å². The normalized spacial score (nSPS) is 10.5. The van der Waals surface area contributed by atoms with Crippen LogP contribution in [-0.4, -0.2) is 15.6 Å². The molecule has 4 nitrogen and oxygen atoms in total. The molecule has 0 atom stereocenters. The molecule has 0 aliphatic heterocycles. The Bertz CT molecular complexity index is 563. The molecule has 2 N–H and O–H groups in total. The molecule has 1 heterocycles. The first kappa shape index (κ1) is 11.3. The van der Waals surface area contributed by atoms with Gasteiger partial charge in [0.1, 0.15) is 17.3 Å². The van der Waals surface area contributed by atoms with Gasteiger partial charge >= 0.3 is 0 Å². The average Bonchev–Trinajstić information content (AvgIpc) is 2.71. The highest BCUT2D eigenvalue weighted by Gasteiger charge is 2.15. The first-order valence-corrected chi connectivity index (χ1v) is 5.26. The molecule has 0 aliphatic carbocycles. The molecule has 0 bridgehead atoms. The van der Waals surface area contributed by atoms with Gasteiger partial charge in [-0.1, -0.05) is 19.1 Å². The zero-order valence-corrected chi connectivity index (χ0v) is 9.35. The number of Topliss-reactive ketones (excluding diaryl/α,β-unsaturated/α-hetero) is 1. The number of para-hydroxylation sites is 1. The summed E-state index contributed by atoms with van der Waals surface area (Å²) in [5.41, 5.74) is 6.36. The lowest BCUT2D eigenvalue weighted by molar-refractivity contribution is 0.0989. The van der Waals surface area contributed by atoms with Gasteiger partial charge in [0.2, 0.25) is 0 Å². The minimum absolute atomic E-state index is 0.106. The minimum Gasteiger partial charge on any atom is -0.383 e. The largest absolute Gasteiger partial charge is 0.383 e. The second kappa shape index (κ2) is 4.37. The second-order valence-electron chi connectivity index (χ2n) is 3.58. The molecule has 0 amide bonds. The van der Waals surface area contributed by atoms with E-state index in [9.17, 15) is 9.18 Å². The van der Waals surface area contributed by atoms with Gasteiger partial charge in [0, 0.05) is 6.42 Å². The molecule has 0 saturated carbocycles. The summed E-state index contributed by atoms with van der Waals surface area (Å²) in [6.45, 7) is 1.74. The van der Waals surface area contributed by atoms with E-state index in [1.165, 1.54) is 16.9 Å². The van der Waals surface area contributed by atoms with Crippen LogP contribution >= 0.6 is 0 Å². The molecule has 0 spiro atoms. The van der Waals surface area contributed by atoms with Crippen LogP contribution in [-0.2, 0) is 0 Å². The van der Waals surface area contributed by atoms with E-state index in [0.29, 0.717) is 12.0 Å². The molecule has 1 aromatic carbocycles. The Morgan fingerprint density at radius 3 is 2.82 bits per heavy atom. The molecule has 0 aliphatic rings. The van der Waals surface area contributed by atoms with Crippen LogP contribution < -0.4 is 5.73 Å². The number of ketones is 1. The van der Waals surface area contributed by atoms with Gasteiger partial charge in [0.05, 0.1) is 11.8 Å². The highest BCUT2D eigenvalue weighted by molar-refractivity contribution is 5.99. The first-order chi connectivity index (χ1) is 8.15. The van der Waals surface area contributed by atoms with Gasteiger partial charge in [-0.25, -0.2) is 9.07 Å². The summed E-state index contributed by atoms with van der Waals surface area (Å²) in [7, 11) is 0. The maximum absolute atomic E-state index is 13.5. The lowest BCUT2D eigenvalue weighted by Gasteiger charge is -2.05. The van der Waals surface area contributed by atoms with Crippen LogP contribution in [0.15, 0.2) is 30.5 Å². The predicted molar refractivity (Wildman–Crippen MR) is 62.6 cm³/mol. The first-order valence-electron chi connectivity index (χ1n) is 5.26. The Morgan fingerprint density at radius 2 is 2.18 bits per heavy atom. The van der Waals surface area contributed by atoms with E-state index in [4.69, 9.17) is 5.73 Å². The Hall–Kier alpha value is -2.17. The number of carbonyl (C=O) groups excluding carboxylic acids is 1. The Kier molecular flexibility index (Phi) is 2.91. The maximum Gasteiger partial charge on any atom is 0.167 e. The van der Waals surface area contributed by atoms with Crippen molar-refractivity contribution in [2.45, 2.75) is 13.3 Å². The molecule has 0 radical (unpaired) electrons. The zero-order chi connectivity index (χ0) is 12.4. The number of anilines is 1. The molecule has 0 saturated heterocycles. The average molecular weight is 233 g/mol. The summed E-state index contributed by atoms with van der Waals surface area (Å²) < 4.78 is 14.8. The minimum atomic E-state index is -0.433. The third-order valence-corrected chi connectivity index (χ3v) is 2.51. The fraction of sp³-hybridized carbons (Fsp3) is 0.167. The van der Waals surface area contributed by atoms with Crippen molar-refractivity contribution in [1.29, 1.82) is 0 Å². The number of halogens is 1. The molecule has 2 aromatic rings. The number of benzene rings is 1. The number of aromatic nitrogens is 2. The lowest BCUT2D eigenvalue weighted by atomic mass is 10.2. The number of hydrogen-bond acceptors (Lipinski definition) is 3. The van der Waals surface area contributed by atoms with Gasteiger partial charge in [-0.3, -0.25) is 4.79 Å². The van der Waals surface area contributed by atoms with Gasteiger partial charge in [-0.05, 0) is 12.1 Å². The molecule has 88 valence electrons. The third kappa shape index (κ3) is 1.91. The molecular formula is C12H12FN3O. The molecular weight excluding hydrogens is 221 g/mol. The van der Waals surface area contributed by atoms with Crippen molar-refractivity contribution in [2.75, 3.05) is 5.73 Å². The van der Waals surface area contributed by atoms with E-state index in [0.717, 1.165) is 0 Å². The summed E-state index contributed by atoms with van der Waals surface area (Å²) in [6, 6.07) is 6.13. The maximum atomic E-state index is 13.5. The van der Waals surface area contributed by atoms with Crippen molar-refractivity contribution in [2.24, 2.45) is 0 Å². The van der Waals surface area contributed by atoms with E-state index in [2.05, 4.69) is 5.10 Å². The number of nitrogens with zero attached hydrogens (tertiary/aromatic N) is 2. The molecule has 5 heteroatoms. The number of carbonyl (C=O) groups is 1. The molecule has 2 rings (SSSR count). The molecule has 0 unspecified atom stereocenters.